The van der Waals surface area contributed by atoms with Gasteiger partial charge in [0.15, 0.2) is 0 Å². The molecular weight excluding hydrogens is 246 g/mol. The first-order valence-electron chi connectivity index (χ1n) is 4.69. The third-order valence-corrected chi connectivity index (χ3v) is 2.10. The second-order valence-corrected chi connectivity index (χ2v) is 3.55. The van der Waals surface area contributed by atoms with Crippen LogP contribution in [0.2, 0.25) is 5.02 Å². The van der Waals surface area contributed by atoms with Gasteiger partial charge in [-0.15, -0.1) is 0 Å². The maximum Gasteiger partial charge on any atom is 0.318 e. The number of anilines is 1. The molecular formula is C10H12ClN3O3. The molecule has 0 aliphatic carbocycles. The second kappa shape index (κ2) is 5.95. The van der Waals surface area contributed by atoms with E-state index in [4.69, 9.17) is 22.1 Å². The summed E-state index contributed by atoms with van der Waals surface area (Å²) in [5.74, 6) is 0.000744. The molecule has 1 aromatic carbocycles. The molecule has 0 spiro atoms. The average Bonchev–Trinajstić information content (AvgIpc) is 2.25. The van der Waals surface area contributed by atoms with Crippen molar-refractivity contribution >= 4 is 29.2 Å². The van der Waals surface area contributed by atoms with Crippen LogP contribution in [0.3, 0.4) is 0 Å². The maximum atomic E-state index is 11.2. The Bertz CT molecular complexity index is 437. The van der Waals surface area contributed by atoms with E-state index in [1.54, 1.807) is 18.2 Å². The maximum absolute atomic E-state index is 11.2. The molecule has 0 saturated heterocycles. The first-order valence-corrected chi connectivity index (χ1v) is 5.07. The molecule has 0 saturated carbocycles. The van der Waals surface area contributed by atoms with Crippen LogP contribution in [-0.4, -0.2) is 25.6 Å². The molecule has 7 heteroatoms. The van der Waals surface area contributed by atoms with Gasteiger partial charge in [0.2, 0.25) is 5.91 Å². The van der Waals surface area contributed by atoms with E-state index < -0.39 is 11.9 Å². The van der Waals surface area contributed by atoms with Gasteiger partial charge in [-0.05, 0) is 18.2 Å². The van der Waals surface area contributed by atoms with Crippen molar-refractivity contribution in [1.82, 2.24) is 5.32 Å². The van der Waals surface area contributed by atoms with Crippen molar-refractivity contribution in [3.8, 4) is 5.75 Å². The third kappa shape index (κ3) is 4.20. The number of methoxy groups -OCH3 is 1. The number of nitrogens with one attached hydrogen (secondary N) is 2. The fraction of sp³-hybridized carbons (Fsp3) is 0.200. The predicted octanol–water partition coefficient (Wildman–Crippen LogP) is 0.955. The molecule has 0 aromatic heterocycles. The standard InChI is InChI=1S/C10H12ClN3O3/c1-17-8-3-2-6(11)4-7(8)13-5-9(15)14-10(12)16/h2-4,13H,5H2,1H3,(H3,12,14,15,16). The van der Waals surface area contributed by atoms with E-state index >= 15 is 0 Å². The summed E-state index contributed by atoms with van der Waals surface area (Å²) in [4.78, 5) is 21.6. The van der Waals surface area contributed by atoms with Gasteiger partial charge < -0.3 is 15.8 Å². The van der Waals surface area contributed by atoms with Crippen LogP contribution >= 0.6 is 11.6 Å². The molecule has 0 aliphatic heterocycles. The lowest BCUT2D eigenvalue weighted by Crippen LogP contribution is -2.38. The molecule has 1 rings (SSSR count). The van der Waals surface area contributed by atoms with Crippen LogP contribution in [-0.2, 0) is 4.79 Å². The minimum Gasteiger partial charge on any atom is -0.495 e. The van der Waals surface area contributed by atoms with E-state index in [1.165, 1.54) is 7.11 Å². The van der Waals surface area contributed by atoms with Gasteiger partial charge in [0.05, 0.1) is 19.3 Å². The van der Waals surface area contributed by atoms with Crippen LogP contribution in [0, 0.1) is 0 Å². The average molecular weight is 258 g/mol. The Labute approximate surface area is 103 Å². The molecule has 17 heavy (non-hydrogen) atoms. The first kappa shape index (κ1) is 13.1. The number of ether oxygens (including phenoxy) is 1. The Kier molecular flexibility index (Phi) is 4.59. The molecule has 3 amide bonds. The lowest BCUT2D eigenvalue weighted by atomic mass is 10.3. The SMILES string of the molecule is COc1ccc(Cl)cc1NCC(=O)NC(N)=O. The van der Waals surface area contributed by atoms with Gasteiger partial charge in [-0.1, -0.05) is 11.6 Å². The van der Waals surface area contributed by atoms with Crippen LogP contribution in [0.5, 0.6) is 5.75 Å². The quantitative estimate of drug-likeness (QED) is 0.749. The summed E-state index contributed by atoms with van der Waals surface area (Å²) in [6, 6.07) is 4.04. The highest BCUT2D eigenvalue weighted by Crippen LogP contribution is 2.27. The molecule has 92 valence electrons. The van der Waals surface area contributed by atoms with Gasteiger partial charge >= 0.3 is 6.03 Å². The van der Waals surface area contributed by atoms with Crippen molar-refractivity contribution < 1.29 is 14.3 Å². The van der Waals surface area contributed by atoms with Crippen molar-refractivity contribution in [2.45, 2.75) is 0 Å². The topological polar surface area (TPSA) is 93.4 Å². The molecule has 0 radical (unpaired) electrons. The number of carbonyl (C=O) groups excluding carboxylic acids is 2. The summed E-state index contributed by atoms with van der Waals surface area (Å²) in [5.41, 5.74) is 5.35. The Morgan fingerprint density at radius 2 is 2.18 bits per heavy atom. The number of imide groups is 1. The predicted molar refractivity (Wildman–Crippen MR) is 64.2 cm³/mol. The number of primary amides is 1. The van der Waals surface area contributed by atoms with Crippen molar-refractivity contribution in [1.29, 1.82) is 0 Å². The van der Waals surface area contributed by atoms with Gasteiger partial charge in [0.25, 0.3) is 0 Å². The van der Waals surface area contributed by atoms with Crippen molar-refractivity contribution in [3.63, 3.8) is 0 Å². The fourth-order valence-electron chi connectivity index (χ4n) is 1.18. The highest BCUT2D eigenvalue weighted by atomic mass is 35.5. The minimum atomic E-state index is -0.894. The fourth-order valence-corrected chi connectivity index (χ4v) is 1.35. The smallest absolute Gasteiger partial charge is 0.318 e. The minimum absolute atomic E-state index is 0.111. The van der Waals surface area contributed by atoms with Crippen LogP contribution in [0.25, 0.3) is 0 Å². The zero-order valence-corrected chi connectivity index (χ0v) is 9.88. The summed E-state index contributed by atoms with van der Waals surface area (Å²) in [7, 11) is 1.50. The van der Waals surface area contributed by atoms with Gasteiger partial charge in [-0.25, -0.2) is 4.79 Å². The number of urea groups is 1. The number of halogens is 1. The Hall–Kier alpha value is -1.95. The lowest BCUT2D eigenvalue weighted by Gasteiger charge is -2.10. The van der Waals surface area contributed by atoms with E-state index in [0.717, 1.165) is 0 Å². The number of rotatable bonds is 4. The summed E-state index contributed by atoms with van der Waals surface area (Å²) in [6.07, 6.45) is 0. The van der Waals surface area contributed by atoms with E-state index in [9.17, 15) is 9.59 Å². The van der Waals surface area contributed by atoms with Gasteiger partial charge in [-0.3, -0.25) is 10.1 Å². The molecule has 6 nitrogen and oxygen atoms in total. The van der Waals surface area contributed by atoms with Gasteiger partial charge in [0.1, 0.15) is 5.75 Å². The monoisotopic (exact) mass is 257 g/mol. The number of benzene rings is 1. The molecule has 0 fully saturated rings. The first-order chi connectivity index (χ1) is 8.02. The number of hydrogen-bond acceptors (Lipinski definition) is 4. The lowest BCUT2D eigenvalue weighted by molar-refractivity contribution is -0.118. The molecule has 0 aliphatic rings. The zero-order chi connectivity index (χ0) is 12.8. The second-order valence-electron chi connectivity index (χ2n) is 3.11. The highest BCUT2D eigenvalue weighted by molar-refractivity contribution is 6.30. The van der Waals surface area contributed by atoms with E-state index in [1.807, 2.05) is 5.32 Å². The van der Waals surface area contributed by atoms with E-state index in [-0.39, 0.29) is 6.54 Å². The van der Waals surface area contributed by atoms with Crippen LogP contribution in [0.4, 0.5) is 10.5 Å². The largest absolute Gasteiger partial charge is 0.495 e. The number of carbonyl (C=O) groups is 2. The summed E-state index contributed by atoms with van der Waals surface area (Å²) in [6.45, 7) is -0.111. The summed E-state index contributed by atoms with van der Waals surface area (Å²) >= 11 is 5.80. The number of amides is 3. The Morgan fingerprint density at radius 3 is 2.76 bits per heavy atom. The molecule has 0 unspecified atom stereocenters. The van der Waals surface area contributed by atoms with E-state index in [0.29, 0.717) is 16.5 Å². The van der Waals surface area contributed by atoms with Crippen molar-refractivity contribution in [2.24, 2.45) is 5.73 Å². The van der Waals surface area contributed by atoms with Gasteiger partial charge in [0, 0.05) is 5.02 Å². The Balaban J connectivity index is 2.65. The zero-order valence-electron chi connectivity index (χ0n) is 9.12. The molecule has 0 bridgehead atoms. The molecule has 0 atom stereocenters. The third-order valence-electron chi connectivity index (χ3n) is 1.86. The Morgan fingerprint density at radius 1 is 1.47 bits per heavy atom. The van der Waals surface area contributed by atoms with Crippen molar-refractivity contribution in [3.05, 3.63) is 23.2 Å². The summed E-state index contributed by atoms with van der Waals surface area (Å²) < 4.78 is 5.07. The molecule has 4 N–H and O–H groups in total. The van der Waals surface area contributed by atoms with Crippen LogP contribution in [0.1, 0.15) is 0 Å². The molecule has 1 aromatic rings. The van der Waals surface area contributed by atoms with Gasteiger partial charge in [-0.2, -0.15) is 0 Å². The highest BCUT2D eigenvalue weighted by Gasteiger charge is 2.07. The molecule has 0 heterocycles. The number of hydrogen-bond donors (Lipinski definition) is 3. The van der Waals surface area contributed by atoms with Crippen molar-refractivity contribution in [2.75, 3.05) is 19.0 Å². The van der Waals surface area contributed by atoms with Crippen LogP contribution in [0.15, 0.2) is 18.2 Å². The summed E-state index contributed by atoms with van der Waals surface area (Å²) in [5, 5.41) is 5.21. The van der Waals surface area contributed by atoms with Crippen LogP contribution < -0.4 is 21.1 Å². The van der Waals surface area contributed by atoms with E-state index in [2.05, 4.69) is 5.32 Å². The number of nitrogens with two attached hydrogens (primary N) is 1. The normalized spacial score (nSPS) is 9.53.